The molecule has 1 aromatic heterocycles. The summed E-state index contributed by atoms with van der Waals surface area (Å²) >= 11 is 0. The molecule has 3 aromatic rings. The van der Waals surface area contributed by atoms with E-state index in [4.69, 9.17) is 4.42 Å². The summed E-state index contributed by atoms with van der Waals surface area (Å²) in [6, 6.07) is 18.1. The Kier molecular flexibility index (Phi) is 5.12. The second-order valence-electron chi connectivity index (χ2n) is 5.95. The van der Waals surface area contributed by atoms with Crippen molar-refractivity contribution in [3.63, 3.8) is 0 Å². The molecule has 26 heavy (non-hydrogen) atoms. The Morgan fingerprint density at radius 3 is 2.19 bits per heavy atom. The van der Waals surface area contributed by atoms with Crippen LogP contribution in [-0.4, -0.2) is 22.8 Å². The Bertz CT molecular complexity index is 889. The number of rotatable bonds is 5. The molecule has 0 aliphatic carbocycles. The van der Waals surface area contributed by atoms with E-state index in [0.717, 1.165) is 5.69 Å². The molecule has 0 aliphatic rings. The first-order valence-corrected chi connectivity index (χ1v) is 8.26. The van der Waals surface area contributed by atoms with Gasteiger partial charge < -0.3 is 9.32 Å². The van der Waals surface area contributed by atoms with E-state index in [2.05, 4.69) is 10.3 Å². The zero-order chi connectivity index (χ0) is 18.5. The predicted octanol–water partition coefficient (Wildman–Crippen LogP) is 3.79. The van der Waals surface area contributed by atoms with E-state index < -0.39 is 11.8 Å². The van der Waals surface area contributed by atoms with Crippen LogP contribution < -0.4 is 10.2 Å². The molecular weight excluding hydrogens is 330 g/mol. The maximum absolute atomic E-state index is 12.6. The van der Waals surface area contributed by atoms with Gasteiger partial charge in [0, 0.05) is 17.3 Å². The Labute approximate surface area is 151 Å². The van der Waals surface area contributed by atoms with Crippen molar-refractivity contribution in [2.75, 3.05) is 4.90 Å². The monoisotopic (exact) mass is 349 g/mol. The summed E-state index contributed by atoms with van der Waals surface area (Å²) in [5.41, 5.74) is 1.32. The van der Waals surface area contributed by atoms with Crippen molar-refractivity contribution in [2.24, 2.45) is 0 Å². The number of aromatic nitrogens is 1. The fourth-order valence-corrected chi connectivity index (χ4v) is 2.63. The third-order valence-electron chi connectivity index (χ3n) is 3.80. The van der Waals surface area contributed by atoms with Crippen LogP contribution in [-0.2, 0) is 0 Å². The second kappa shape index (κ2) is 7.65. The molecule has 132 valence electrons. The molecule has 2 amide bonds. The molecular formula is C20H19N3O3. The zero-order valence-corrected chi connectivity index (χ0v) is 14.5. The maximum atomic E-state index is 12.6. The van der Waals surface area contributed by atoms with Gasteiger partial charge >= 0.3 is 0 Å². The molecule has 0 saturated heterocycles. The lowest BCUT2D eigenvalue weighted by Gasteiger charge is -2.26. The second-order valence-corrected chi connectivity index (χ2v) is 5.95. The van der Waals surface area contributed by atoms with Gasteiger partial charge in [-0.05, 0) is 38.1 Å². The molecule has 0 atom stereocenters. The van der Waals surface area contributed by atoms with E-state index in [-0.39, 0.29) is 11.7 Å². The Morgan fingerprint density at radius 1 is 0.962 bits per heavy atom. The highest BCUT2D eigenvalue weighted by molar-refractivity contribution is 6.11. The number of oxazole rings is 1. The molecule has 1 heterocycles. The summed E-state index contributed by atoms with van der Waals surface area (Å²) in [4.78, 5) is 30.7. The van der Waals surface area contributed by atoms with Crippen LogP contribution in [0.1, 0.15) is 34.7 Å². The maximum Gasteiger partial charge on any atom is 0.282 e. The van der Waals surface area contributed by atoms with Crippen LogP contribution in [0.25, 0.3) is 0 Å². The number of para-hydroxylation sites is 1. The van der Waals surface area contributed by atoms with Crippen LogP contribution in [0.5, 0.6) is 0 Å². The van der Waals surface area contributed by atoms with Gasteiger partial charge in [0.25, 0.3) is 11.8 Å². The quantitative estimate of drug-likeness (QED) is 0.709. The molecule has 1 N–H and O–H groups in total. The lowest BCUT2D eigenvalue weighted by molar-refractivity contribution is 0.0847. The molecule has 6 nitrogen and oxygen atoms in total. The Balaban J connectivity index is 1.87. The van der Waals surface area contributed by atoms with Crippen molar-refractivity contribution in [3.05, 3.63) is 78.3 Å². The minimum absolute atomic E-state index is 0.0155. The highest BCUT2D eigenvalue weighted by Crippen LogP contribution is 2.30. The van der Waals surface area contributed by atoms with Gasteiger partial charge in [-0.25, -0.2) is 4.98 Å². The van der Waals surface area contributed by atoms with E-state index in [1.807, 2.05) is 49.1 Å². The van der Waals surface area contributed by atoms with Crippen LogP contribution in [0.15, 0.2) is 71.5 Å². The third-order valence-corrected chi connectivity index (χ3v) is 3.80. The van der Waals surface area contributed by atoms with Gasteiger partial charge in [0.05, 0.1) is 0 Å². The summed E-state index contributed by atoms with van der Waals surface area (Å²) in [5.74, 6) is -0.797. The lowest BCUT2D eigenvalue weighted by Crippen LogP contribution is -2.33. The summed E-state index contributed by atoms with van der Waals surface area (Å²) < 4.78 is 5.49. The molecule has 0 radical (unpaired) electrons. The highest BCUT2D eigenvalue weighted by atomic mass is 16.4. The first-order valence-electron chi connectivity index (χ1n) is 8.26. The van der Waals surface area contributed by atoms with Crippen molar-refractivity contribution in [1.29, 1.82) is 0 Å². The predicted molar refractivity (Wildman–Crippen MR) is 98.5 cm³/mol. The largest absolute Gasteiger partial charge is 0.427 e. The number of benzene rings is 2. The number of nitrogens with zero attached hydrogens (tertiary/aromatic N) is 2. The summed E-state index contributed by atoms with van der Waals surface area (Å²) in [6.45, 7) is 3.96. The van der Waals surface area contributed by atoms with Crippen molar-refractivity contribution in [2.45, 2.75) is 19.9 Å². The molecule has 6 heteroatoms. The number of nitrogens with one attached hydrogen (secondary N) is 1. The van der Waals surface area contributed by atoms with Crippen LogP contribution in [0, 0.1) is 0 Å². The molecule has 3 rings (SSSR count). The first-order chi connectivity index (χ1) is 12.6. The average molecular weight is 349 g/mol. The third kappa shape index (κ3) is 3.64. The smallest absolute Gasteiger partial charge is 0.282 e. The van der Waals surface area contributed by atoms with Crippen LogP contribution in [0.4, 0.5) is 11.6 Å². The zero-order valence-electron chi connectivity index (χ0n) is 14.5. The minimum atomic E-state index is -0.607. The standard InChI is InChI=1S/C20H19N3O3/c1-14(2)23(16-11-7-4-8-12-16)20-17(21-13-26-20)19(25)22-18(24)15-9-5-3-6-10-15/h3-14H,1-2H3,(H,22,24,25). The number of hydrogen-bond donors (Lipinski definition) is 1. The topological polar surface area (TPSA) is 75.4 Å². The summed E-state index contributed by atoms with van der Waals surface area (Å²) in [5, 5.41) is 2.36. The van der Waals surface area contributed by atoms with Gasteiger partial charge in [-0.15, -0.1) is 0 Å². The van der Waals surface area contributed by atoms with Crippen molar-refractivity contribution < 1.29 is 14.0 Å². The number of imide groups is 1. The number of anilines is 2. The highest BCUT2D eigenvalue weighted by Gasteiger charge is 2.26. The van der Waals surface area contributed by atoms with Gasteiger partial charge in [-0.2, -0.15) is 0 Å². The molecule has 2 aromatic carbocycles. The molecule has 0 unspecified atom stereocenters. The minimum Gasteiger partial charge on any atom is -0.427 e. The normalized spacial score (nSPS) is 10.6. The molecule has 0 bridgehead atoms. The van der Waals surface area contributed by atoms with Crippen LogP contribution in [0.3, 0.4) is 0 Å². The van der Waals surface area contributed by atoms with Gasteiger partial charge in [0.2, 0.25) is 5.88 Å². The molecule has 0 saturated carbocycles. The molecule has 0 aliphatic heterocycles. The van der Waals surface area contributed by atoms with E-state index in [1.165, 1.54) is 6.39 Å². The summed E-state index contributed by atoms with van der Waals surface area (Å²) in [6.07, 6.45) is 1.20. The SMILES string of the molecule is CC(C)N(c1ccccc1)c1ocnc1C(=O)NC(=O)c1ccccc1. The number of carbonyl (C=O) groups is 2. The van der Waals surface area contributed by atoms with Gasteiger partial charge in [-0.1, -0.05) is 36.4 Å². The molecule has 0 fully saturated rings. The van der Waals surface area contributed by atoms with E-state index in [1.54, 1.807) is 30.3 Å². The number of hydrogen-bond acceptors (Lipinski definition) is 5. The van der Waals surface area contributed by atoms with Gasteiger partial charge in [0.1, 0.15) is 0 Å². The van der Waals surface area contributed by atoms with Gasteiger partial charge in [-0.3, -0.25) is 14.9 Å². The van der Waals surface area contributed by atoms with Crippen molar-refractivity contribution >= 4 is 23.4 Å². The number of amides is 2. The van der Waals surface area contributed by atoms with E-state index >= 15 is 0 Å². The molecule has 0 spiro atoms. The first kappa shape index (κ1) is 17.4. The fraction of sp³-hybridized carbons (Fsp3) is 0.150. The number of carbonyl (C=O) groups excluding carboxylic acids is 2. The van der Waals surface area contributed by atoms with Crippen molar-refractivity contribution in [3.8, 4) is 0 Å². The van der Waals surface area contributed by atoms with Crippen LogP contribution in [0.2, 0.25) is 0 Å². The lowest BCUT2D eigenvalue weighted by atomic mass is 10.2. The van der Waals surface area contributed by atoms with Crippen molar-refractivity contribution in [1.82, 2.24) is 10.3 Å². The average Bonchev–Trinajstić information content (AvgIpc) is 3.12. The van der Waals surface area contributed by atoms with Gasteiger partial charge in [0.15, 0.2) is 12.1 Å². The fourth-order valence-electron chi connectivity index (χ4n) is 2.63. The Morgan fingerprint density at radius 2 is 1.58 bits per heavy atom. The van der Waals surface area contributed by atoms with E-state index in [0.29, 0.717) is 11.4 Å². The Hall–Kier alpha value is -3.41. The summed E-state index contributed by atoms with van der Waals surface area (Å²) in [7, 11) is 0. The van der Waals surface area contributed by atoms with E-state index in [9.17, 15) is 9.59 Å². The van der Waals surface area contributed by atoms with Crippen LogP contribution >= 0.6 is 0 Å².